The highest BCUT2D eigenvalue weighted by molar-refractivity contribution is 5.70. The molecule has 0 unspecified atom stereocenters. The summed E-state index contributed by atoms with van der Waals surface area (Å²) in [5, 5.41) is 3.06. The van der Waals surface area contributed by atoms with Gasteiger partial charge in [-0.1, -0.05) is 20.8 Å². The number of anilines is 2. The molecule has 0 amide bonds. The molecule has 19 heavy (non-hydrogen) atoms. The van der Waals surface area contributed by atoms with Crippen LogP contribution in [0.15, 0.2) is 6.07 Å². The number of nitrogen functional groups attached to an aromatic ring is 1. The second-order valence-electron chi connectivity index (χ2n) is 5.23. The predicted octanol–water partition coefficient (Wildman–Crippen LogP) is 1.72. The summed E-state index contributed by atoms with van der Waals surface area (Å²) in [5.41, 5.74) is 5.58. The van der Waals surface area contributed by atoms with Crippen LogP contribution in [0.4, 0.5) is 11.6 Å². The summed E-state index contributed by atoms with van der Waals surface area (Å²) in [4.78, 5) is 19.8. The van der Waals surface area contributed by atoms with Gasteiger partial charge in [0.05, 0.1) is 13.0 Å². The van der Waals surface area contributed by atoms with E-state index in [1.165, 1.54) is 0 Å². The third-order valence-corrected chi connectivity index (χ3v) is 2.36. The minimum absolute atomic E-state index is 0.174. The van der Waals surface area contributed by atoms with E-state index in [-0.39, 0.29) is 11.4 Å². The standard InChI is InChI=1S/C13H22N4O2/c1-5-19-11(18)6-7-15-10-8-9(14)16-12(17-10)13(2,3)4/h8H,5-7H2,1-4H3,(H3,14,15,16,17). The maximum absolute atomic E-state index is 11.2. The molecule has 106 valence electrons. The van der Waals surface area contributed by atoms with Crippen molar-refractivity contribution in [3.8, 4) is 0 Å². The van der Waals surface area contributed by atoms with Crippen molar-refractivity contribution in [1.82, 2.24) is 9.97 Å². The number of aromatic nitrogens is 2. The summed E-state index contributed by atoms with van der Waals surface area (Å²) < 4.78 is 4.85. The maximum atomic E-state index is 11.2. The van der Waals surface area contributed by atoms with Gasteiger partial charge in [-0.05, 0) is 6.92 Å². The third kappa shape index (κ3) is 5.11. The van der Waals surface area contributed by atoms with Gasteiger partial charge in [0.1, 0.15) is 17.5 Å². The van der Waals surface area contributed by atoms with Gasteiger partial charge in [0.15, 0.2) is 0 Å². The number of nitrogens with one attached hydrogen (secondary N) is 1. The molecule has 1 heterocycles. The van der Waals surface area contributed by atoms with Gasteiger partial charge >= 0.3 is 5.97 Å². The summed E-state index contributed by atoms with van der Waals surface area (Å²) in [7, 11) is 0. The number of rotatable bonds is 5. The lowest BCUT2D eigenvalue weighted by Crippen LogP contribution is -2.19. The minimum Gasteiger partial charge on any atom is -0.466 e. The van der Waals surface area contributed by atoms with Crippen LogP contribution in [0.5, 0.6) is 0 Å². The number of ether oxygens (including phenoxy) is 1. The quantitative estimate of drug-likeness (QED) is 0.789. The van der Waals surface area contributed by atoms with E-state index in [0.29, 0.717) is 37.0 Å². The van der Waals surface area contributed by atoms with E-state index >= 15 is 0 Å². The molecule has 1 aromatic heterocycles. The monoisotopic (exact) mass is 266 g/mol. The average molecular weight is 266 g/mol. The fraction of sp³-hybridized carbons (Fsp3) is 0.615. The first kappa shape index (κ1) is 15.2. The van der Waals surface area contributed by atoms with Crippen LogP contribution >= 0.6 is 0 Å². The van der Waals surface area contributed by atoms with Crippen LogP contribution in [0, 0.1) is 0 Å². The lowest BCUT2D eigenvalue weighted by Gasteiger charge is -2.18. The Kier molecular flexibility index (Phi) is 5.09. The van der Waals surface area contributed by atoms with Crippen LogP contribution < -0.4 is 11.1 Å². The molecular formula is C13H22N4O2. The van der Waals surface area contributed by atoms with Gasteiger partial charge in [-0.15, -0.1) is 0 Å². The van der Waals surface area contributed by atoms with E-state index in [4.69, 9.17) is 10.5 Å². The molecule has 0 saturated heterocycles. The Balaban J connectivity index is 2.64. The number of carbonyl (C=O) groups excluding carboxylic acids is 1. The zero-order valence-electron chi connectivity index (χ0n) is 12.0. The Morgan fingerprint density at radius 1 is 1.42 bits per heavy atom. The molecule has 0 saturated carbocycles. The zero-order chi connectivity index (χ0) is 14.5. The Bertz CT molecular complexity index is 441. The molecule has 0 radical (unpaired) electrons. The Hall–Kier alpha value is -1.85. The number of nitrogens with two attached hydrogens (primary N) is 1. The summed E-state index contributed by atoms with van der Waals surface area (Å²) in [6.45, 7) is 8.69. The van der Waals surface area contributed by atoms with Crippen molar-refractivity contribution in [2.24, 2.45) is 0 Å². The van der Waals surface area contributed by atoms with Gasteiger partial charge in [-0.25, -0.2) is 9.97 Å². The Labute approximate surface area is 113 Å². The van der Waals surface area contributed by atoms with E-state index in [0.717, 1.165) is 0 Å². The molecule has 0 aliphatic rings. The van der Waals surface area contributed by atoms with Gasteiger partial charge in [0.25, 0.3) is 0 Å². The maximum Gasteiger partial charge on any atom is 0.307 e. The van der Waals surface area contributed by atoms with Crippen molar-refractivity contribution in [1.29, 1.82) is 0 Å². The lowest BCUT2D eigenvalue weighted by atomic mass is 9.96. The first-order valence-electron chi connectivity index (χ1n) is 6.37. The van der Waals surface area contributed by atoms with Crippen molar-refractivity contribution in [3.05, 3.63) is 11.9 Å². The van der Waals surface area contributed by atoms with Crippen LogP contribution in [0.2, 0.25) is 0 Å². The number of hydrogen-bond donors (Lipinski definition) is 2. The van der Waals surface area contributed by atoms with Gasteiger partial charge in [0, 0.05) is 18.0 Å². The van der Waals surface area contributed by atoms with Gasteiger partial charge in [-0.2, -0.15) is 0 Å². The number of esters is 1. The molecule has 0 spiro atoms. The summed E-state index contributed by atoms with van der Waals surface area (Å²) in [5.74, 6) is 1.49. The van der Waals surface area contributed by atoms with Crippen LogP contribution in [0.25, 0.3) is 0 Å². The smallest absolute Gasteiger partial charge is 0.307 e. The first-order chi connectivity index (χ1) is 8.82. The van der Waals surface area contributed by atoms with Crippen LogP contribution in [-0.2, 0) is 14.9 Å². The topological polar surface area (TPSA) is 90.1 Å². The molecule has 6 heteroatoms. The minimum atomic E-state index is -0.229. The predicted molar refractivity (Wildman–Crippen MR) is 74.9 cm³/mol. The van der Waals surface area contributed by atoms with Crippen molar-refractivity contribution >= 4 is 17.6 Å². The van der Waals surface area contributed by atoms with Crippen LogP contribution in [-0.4, -0.2) is 29.1 Å². The molecule has 0 atom stereocenters. The lowest BCUT2D eigenvalue weighted by molar-refractivity contribution is -0.142. The summed E-state index contributed by atoms with van der Waals surface area (Å²) in [6.07, 6.45) is 0.294. The largest absolute Gasteiger partial charge is 0.466 e. The highest BCUT2D eigenvalue weighted by Crippen LogP contribution is 2.21. The van der Waals surface area contributed by atoms with E-state index < -0.39 is 0 Å². The highest BCUT2D eigenvalue weighted by atomic mass is 16.5. The molecule has 1 rings (SSSR count). The van der Waals surface area contributed by atoms with Crippen molar-refractivity contribution < 1.29 is 9.53 Å². The fourth-order valence-corrected chi connectivity index (χ4v) is 1.42. The highest BCUT2D eigenvalue weighted by Gasteiger charge is 2.18. The molecule has 0 aliphatic carbocycles. The Morgan fingerprint density at radius 2 is 2.11 bits per heavy atom. The van der Waals surface area contributed by atoms with Crippen LogP contribution in [0.1, 0.15) is 39.9 Å². The van der Waals surface area contributed by atoms with E-state index in [2.05, 4.69) is 15.3 Å². The molecule has 0 aromatic carbocycles. The average Bonchev–Trinajstić information content (AvgIpc) is 2.27. The van der Waals surface area contributed by atoms with Crippen molar-refractivity contribution in [2.45, 2.75) is 39.5 Å². The fourth-order valence-electron chi connectivity index (χ4n) is 1.42. The third-order valence-electron chi connectivity index (χ3n) is 2.36. The molecule has 3 N–H and O–H groups in total. The molecule has 0 fully saturated rings. The van der Waals surface area contributed by atoms with Gasteiger partial charge < -0.3 is 15.8 Å². The molecular weight excluding hydrogens is 244 g/mol. The molecule has 6 nitrogen and oxygen atoms in total. The van der Waals surface area contributed by atoms with Crippen molar-refractivity contribution in [3.63, 3.8) is 0 Å². The van der Waals surface area contributed by atoms with Gasteiger partial charge in [-0.3, -0.25) is 4.79 Å². The second kappa shape index (κ2) is 6.36. The normalized spacial score (nSPS) is 11.2. The van der Waals surface area contributed by atoms with Crippen molar-refractivity contribution in [2.75, 3.05) is 24.2 Å². The van der Waals surface area contributed by atoms with E-state index in [1.54, 1.807) is 13.0 Å². The zero-order valence-corrected chi connectivity index (χ0v) is 12.0. The van der Waals surface area contributed by atoms with Crippen LogP contribution in [0.3, 0.4) is 0 Å². The van der Waals surface area contributed by atoms with E-state index in [9.17, 15) is 4.79 Å². The molecule has 1 aromatic rings. The number of nitrogens with zero attached hydrogens (tertiary/aromatic N) is 2. The number of hydrogen-bond acceptors (Lipinski definition) is 6. The summed E-state index contributed by atoms with van der Waals surface area (Å²) in [6, 6.07) is 1.65. The Morgan fingerprint density at radius 3 is 2.68 bits per heavy atom. The van der Waals surface area contributed by atoms with Gasteiger partial charge in [0.2, 0.25) is 0 Å². The summed E-state index contributed by atoms with van der Waals surface area (Å²) >= 11 is 0. The number of carbonyl (C=O) groups is 1. The second-order valence-corrected chi connectivity index (χ2v) is 5.23. The van der Waals surface area contributed by atoms with E-state index in [1.807, 2.05) is 20.8 Å². The first-order valence-corrected chi connectivity index (χ1v) is 6.37. The molecule has 0 bridgehead atoms. The SMILES string of the molecule is CCOC(=O)CCNc1cc(N)nc(C(C)(C)C)n1. The molecule has 0 aliphatic heterocycles.